The molecule has 0 N–H and O–H groups in total. The van der Waals surface area contributed by atoms with E-state index < -0.39 is 13.3 Å². The van der Waals surface area contributed by atoms with Gasteiger partial charge in [-0.1, -0.05) is 0 Å². The van der Waals surface area contributed by atoms with Gasteiger partial charge in [-0.3, -0.25) is 0 Å². The molecule has 0 aliphatic carbocycles. The van der Waals surface area contributed by atoms with Crippen molar-refractivity contribution in [2.45, 2.75) is 24.4 Å². The van der Waals surface area contributed by atoms with Crippen molar-refractivity contribution < 1.29 is 19.1 Å². The van der Waals surface area contributed by atoms with Gasteiger partial charge in [-0.25, -0.2) is 0 Å². The van der Waals surface area contributed by atoms with Crippen molar-refractivity contribution >= 4 is 22.5 Å². The van der Waals surface area contributed by atoms with E-state index >= 15 is 0 Å². The SMILES string of the molecule is C[CH2][Ge]([CH2]C)([C](=O)c1cccc(OC)c1)[C](=O)c1cccc(OC)c1. The number of carbonyl (C=O) groups excluding carboxylic acids is 2. The Balaban J connectivity index is 2.49. The first-order valence-electron chi connectivity index (χ1n) is 8.40. The fraction of sp³-hybridized carbons (Fsp3) is 0.300. The molecule has 0 aliphatic rings. The molecule has 4 nitrogen and oxygen atoms in total. The summed E-state index contributed by atoms with van der Waals surface area (Å²) >= 11 is -3.52. The van der Waals surface area contributed by atoms with Gasteiger partial charge in [0.2, 0.25) is 0 Å². The maximum atomic E-state index is 13.3. The zero-order valence-corrected chi connectivity index (χ0v) is 17.3. The second kappa shape index (κ2) is 8.34. The fourth-order valence-corrected chi connectivity index (χ4v) is 10.2. The summed E-state index contributed by atoms with van der Waals surface area (Å²) in [4.78, 5) is 26.7. The molecule has 0 fully saturated rings. The quantitative estimate of drug-likeness (QED) is 0.618. The van der Waals surface area contributed by atoms with E-state index in [1.807, 2.05) is 13.8 Å². The van der Waals surface area contributed by atoms with Crippen LogP contribution in [0.25, 0.3) is 0 Å². The molecular weight excluding hydrogens is 377 g/mol. The van der Waals surface area contributed by atoms with E-state index in [0.29, 0.717) is 33.1 Å². The van der Waals surface area contributed by atoms with E-state index in [2.05, 4.69) is 0 Å². The van der Waals surface area contributed by atoms with Gasteiger partial charge in [0.05, 0.1) is 0 Å². The van der Waals surface area contributed by atoms with Crippen molar-refractivity contribution in [3.8, 4) is 11.5 Å². The minimum absolute atomic E-state index is 0.0109. The molecule has 0 unspecified atom stereocenters. The molecule has 0 saturated heterocycles. The van der Waals surface area contributed by atoms with Crippen molar-refractivity contribution in [1.82, 2.24) is 0 Å². The van der Waals surface area contributed by atoms with Gasteiger partial charge in [0.1, 0.15) is 0 Å². The Morgan fingerprint density at radius 3 is 1.52 bits per heavy atom. The number of benzene rings is 2. The van der Waals surface area contributed by atoms with Crippen LogP contribution in [0.15, 0.2) is 48.5 Å². The van der Waals surface area contributed by atoms with E-state index in [0.717, 1.165) is 0 Å². The monoisotopic (exact) mass is 402 g/mol. The van der Waals surface area contributed by atoms with Gasteiger partial charge in [-0.2, -0.15) is 0 Å². The third-order valence-electron chi connectivity index (χ3n) is 4.74. The number of rotatable bonds is 8. The van der Waals surface area contributed by atoms with Crippen molar-refractivity contribution in [2.24, 2.45) is 0 Å². The average molecular weight is 401 g/mol. The molecular formula is C20H24GeO4. The number of carbonyl (C=O) groups is 2. The van der Waals surface area contributed by atoms with Crippen LogP contribution in [0.1, 0.15) is 34.6 Å². The van der Waals surface area contributed by atoms with Crippen molar-refractivity contribution in [3.05, 3.63) is 59.7 Å². The molecule has 0 bridgehead atoms. The summed E-state index contributed by atoms with van der Waals surface area (Å²) in [5.41, 5.74) is 1.14. The van der Waals surface area contributed by atoms with E-state index in [9.17, 15) is 9.59 Å². The van der Waals surface area contributed by atoms with Crippen LogP contribution in [0.2, 0.25) is 10.5 Å². The van der Waals surface area contributed by atoms with Crippen molar-refractivity contribution in [2.75, 3.05) is 14.2 Å². The molecule has 25 heavy (non-hydrogen) atoms. The van der Waals surface area contributed by atoms with Crippen LogP contribution in [0.5, 0.6) is 11.5 Å². The van der Waals surface area contributed by atoms with Crippen LogP contribution in [-0.4, -0.2) is 36.7 Å². The third-order valence-corrected chi connectivity index (χ3v) is 14.7. The second-order valence-corrected chi connectivity index (χ2v) is 15.3. The Kier molecular flexibility index (Phi) is 6.42. The fourth-order valence-electron chi connectivity index (χ4n) is 3.08. The van der Waals surface area contributed by atoms with Crippen LogP contribution >= 0.6 is 0 Å². The summed E-state index contributed by atoms with van der Waals surface area (Å²) in [6.07, 6.45) is 0. The van der Waals surface area contributed by atoms with Gasteiger partial charge in [-0.15, -0.1) is 0 Å². The van der Waals surface area contributed by atoms with Crippen LogP contribution in [0.3, 0.4) is 0 Å². The van der Waals surface area contributed by atoms with Gasteiger partial charge in [0.25, 0.3) is 0 Å². The van der Waals surface area contributed by atoms with Crippen molar-refractivity contribution in [1.29, 1.82) is 0 Å². The Morgan fingerprint density at radius 1 is 0.800 bits per heavy atom. The summed E-state index contributed by atoms with van der Waals surface area (Å²) in [6.45, 7) is 3.92. The Hall–Kier alpha value is -2.08. The van der Waals surface area contributed by atoms with E-state index in [4.69, 9.17) is 9.47 Å². The maximum absolute atomic E-state index is 13.3. The van der Waals surface area contributed by atoms with E-state index in [1.165, 1.54) is 0 Å². The zero-order valence-electron chi connectivity index (χ0n) is 15.2. The Labute approximate surface area is 151 Å². The zero-order chi connectivity index (χ0) is 18.4. The molecule has 2 aromatic carbocycles. The molecule has 0 radical (unpaired) electrons. The van der Waals surface area contributed by atoms with Crippen LogP contribution < -0.4 is 9.47 Å². The molecule has 0 heterocycles. The average Bonchev–Trinajstić information content (AvgIpc) is 2.69. The Morgan fingerprint density at radius 2 is 1.20 bits per heavy atom. The van der Waals surface area contributed by atoms with Gasteiger partial charge in [-0.05, 0) is 0 Å². The number of ether oxygens (including phenoxy) is 2. The predicted octanol–water partition coefficient (Wildman–Crippen LogP) is 4.34. The van der Waals surface area contributed by atoms with Gasteiger partial charge in [0, 0.05) is 0 Å². The van der Waals surface area contributed by atoms with Gasteiger partial charge < -0.3 is 0 Å². The topological polar surface area (TPSA) is 52.6 Å². The standard InChI is InChI=1S/C20H24GeO4/c1-5-21(6-2,19(22)15-9-7-11-17(13-15)24-3)20(23)16-10-8-12-18(14-16)25-4/h7-14H,5-6H2,1-4H3. The van der Waals surface area contributed by atoms with Crippen LogP contribution in [0.4, 0.5) is 0 Å². The summed E-state index contributed by atoms with van der Waals surface area (Å²) in [5.74, 6) is 1.26. The third kappa shape index (κ3) is 3.79. The summed E-state index contributed by atoms with van der Waals surface area (Å²) in [5, 5.41) is 1.23. The molecule has 0 aromatic heterocycles. The molecule has 0 amide bonds. The first kappa shape index (κ1) is 19.3. The molecule has 2 rings (SSSR count). The first-order chi connectivity index (χ1) is 12.0. The number of methoxy groups -OCH3 is 2. The summed E-state index contributed by atoms with van der Waals surface area (Å²) < 4.78 is 10.5. The normalized spacial score (nSPS) is 11.0. The number of hydrogen-bond donors (Lipinski definition) is 0. The van der Waals surface area contributed by atoms with Crippen LogP contribution in [0, 0.1) is 0 Å². The first-order valence-corrected chi connectivity index (χ1v) is 13.5. The van der Waals surface area contributed by atoms with Crippen molar-refractivity contribution in [3.63, 3.8) is 0 Å². The van der Waals surface area contributed by atoms with Gasteiger partial charge >= 0.3 is 151 Å². The summed E-state index contributed by atoms with van der Waals surface area (Å²) in [7, 11) is 3.14. The second-order valence-electron chi connectivity index (χ2n) is 5.91. The Bertz CT molecular complexity index is 704. The molecule has 132 valence electrons. The summed E-state index contributed by atoms with van der Waals surface area (Å²) in [6, 6.07) is 14.2. The molecule has 5 heteroatoms. The molecule has 0 atom stereocenters. The van der Waals surface area contributed by atoms with Crippen LogP contribution in [-0.2, 0) is 0 Å². The predicted molar refractivity (Wildman–Crippen MR) is 101 cm³/mol. The molecule has 0 saturated carbocycles. The minimum atomic E-state index is -3.52. The molecule has 0 spiro atoms. The van der Waals surface area contributed by atoms with Gasteiger partial charge in [0.15, 0.2) is 0 Å². The van der Waals surface area contributed by atoms with E-state index in [1.54, 1.807) is 62.8 Å². The molecule has 0 aliphatic heterocycles. The molecule has 2 aromatic rings. The number of hydrogen-bond acceptors (Lipinski definition) is 4. The van der Waals surface area contributed by atoms with E-state index in [-0.39, 0.29) is 9.23 Å².